The van der Waals surface area contributed by atoms with Crippen LogP contribution >= 0.6 is 0 Å². The van der Waals surface area contributed by atoms with Crippen molar-refractivity contribution < 1.29 is 9.53 Å². The highest BCUT2D eigenvalue weighted by Gasteiger charge is 2.10. The average Bonchev–Trinajstić information content (AvgIpc) is 2.78. The number of carbonyl (C=O) groups excluding carboxylic acids is 1. The van der Waals surface area contributed by atoms with E-state index in [0.717, 1.165) is 24.8 Å². The van der Waals surface area contributed by atoms with Gasteiger partial charge in [-0.25, -0.2) is 14.8 Å². The second-order valence-corrected chi connectivity index (χ2v) is 7.59. The summed E-state index contributed by atoms with van der Waals surface area (Å²) in [4.78, 5) is 21.1. The maximum absolute atomic E-state index is 12.4. The summed E-state index contributed by atoms with van der Waals surface area (Å²) in [5, 5.41) is 0. The first-order chi connectivity index (χ1) is 14.7. The third-order valence-electron chi connectivity index (χ3n) is 5.10. The second-order valence-electron chi connectivity index (χ2n) is 7.59. The Bertz CT molecular complexity index is 917. The van der Waals surface area contributed by atoms with Crippen LogP contribution in [0.4, 0.5) is 0 Å². The number of ether oxygens (including phenoxy) is 1. The van der Waals surface area contributed by atoms with Crippen LogP contribution < -0.4 is 4.74 Å². The molecular weight excluding hydrogens is 372 g/mol. The van der Waals surface area contributed by atoms with Crippen molar-refractivity contribution in [3.63, 3.8) is 0 Å². The normalized spacial score (nSPS) is 10.7. The van der Waals surface area contributed by atoms with Gasteiger partial charge in [0.25, 0.3) is 0 Å². The molecule has 4 heteroatoms. The lowest BCUT2D eigenvalue weighted by atomic mass is 10.0. The average molecular weight is 403 g/mol. The van der Waals surface area contributed by atoms with Gasteiger partial charge in [-0.2, -0.15) is 0 Å². The zero-order valence-corrected chi connectivity index (χ0v) is 17.9. The van der Waals surface area contributed by atoms with Crippen molar-refractivity contribution in [3.05, 3.63) is 77.6 Å². The van der Waals surface area contributed by atoms with Crippen LogP contribution in [0.25, 0.3) is 11.4 Å². The van der Waals surface area contributed by atoms with Gasteiger partial charge in [0.2, 0.25) is 0 Å². The summed E-state index contributed by atoms with van der Waals surface area (Å²) in [5.74, 6) is 0.563. The molecule has 0 radical (unpaired) electrons. The Morgan fingerprint density at radius 1 is 0.767 bits per heavy atom. The van der Waals surface area contributed by atoms with Gasteiger partial charge in [-0.3, -0.25) is 0 Å². The summed E-state index contributed by atoms with van der Waals surface area (Å²) in [6.07, 6.45) is 11.3. The largest absolute Gasteiger partial charge is 0.420 e. The van der Waals surface area contributed by atoms with E-state index in [-0.39, 0.29) is 0 Å². The van der Waals surface area contributed by atoms with Gasteiger partial charge in [0.05, 0.1) is 18.0 Å². The Morgan fingerprint density at radius 3 is 2.03 bits per heavy atom. The Hall–Kier alpha value is -3.01. The number of unbranched alkanes of at least 4 members (excludes halogenated alkanes) is 3. The fraction of sp³-hybridized carbons (Fsp3) is 0.346. The van der Waals surface area contributed by atoms with Crippen LogP contribution in [0, 0.1) is 0 Å². The van der Waals surface area contributed by atoms with Crippen molar-refractivity contribution in [1.29, 1.82) is 0 Å². The predicted molar refractivity (Wildman–Crippen MR) is 121 cm³/mol. The summed E-state index contributed by atoms with van der Waals surface area (Å²) in [6, 6.07) is 15.9. The molecule has 0 aliphatic carbocycles. The molecular formula is C26H30N2O2. The zero-order valence-electron chi connectivity index (χ0n) is 17.9. The van der Waals surface area contributed by atoms with Crippen LogP contribution in [0.3, 0.4) is 0 Å². The predicted octanol–water partition coefficient (Wildman–Crippen LogP) is 6.44. The van der Waals surface area contributed by atoms with Gasteiger partial charge >= 0.3 is 5.97 Å². The fourth-order valence-corrected chi connectivity index (χ4v) is 3.36. The maximum atomic E-state index is 12.4. The van der Waals surface area contributed by atoms with E-state index in [1.54, 1.807) is 12.4 Å². The molecule has 30 heavy (non-hydrogen) atoms. The standard InChI is InChI=1S/C26H30N2O2/c1-3-5-6-7-9-21-12-16-23(17-13-21)26(29)30-24-18-27-25(28-19-24)22-14-10-20(8-4-2)11-15-22/h10-19H,3-9H2,1-2H3. The van der Waals surface area contributed by atoms with E-state index in [2.05, 4.69) is 35.9 Å². The van der Waals surface area contributed by atoms with Crippen LogP contribution in [0.5, 0.6) is 5.75 Å². The number of benzene rings is 2. The molecule has 156 valence electrons. The van der Waals surface area contributed by atoms with Crippen LogP contribution in [-0.2, 0) is 12.8 Å². The minimum Gasteiger partial charge on any atom is -0.420 e. The molecule has 0 fully saturated rings. The number of esters is 1. The minimum atomic E-state index is -0.396. The maximum Gasteiger partial charge on any atom is 0.343 e. The van der Waals surface area contributed by atoms with Crippen molar-refractivity contribution in [2.24, 2.45) is 0 Å². The first-order valence-electron chi connectivity index (χ1n) is 10.9. The van der Waals surface area contributed by atoms with Gasteiger partial charge in [-0.1, -0.05) is 75.9 Å². The van der Waals surface area contributed by atoms with Gasteiger partial charge in [0.15, 0.2) is 11.6 Å². The van der Waals surface area contributed by atoms with E-state index in [1.165, 1.54) is 36.8 Å². The summed E-state index contributed by atoms with van der Waals surface area (Å²) in [7, 11) is 0. The van der Waals surface area contributed by atoms with Crippen molar-refractivity contribution in [2.75, 3.05) is 0 Å². The lowest BCUT2D eigenvalue weighted by molar-refractivity contribution is 0.0733. The molecule has 4 nitrogen and oxygen atoms in total. The van der Waals surface area contributed by atoms with Gasteiger partial charge in [0, 0.05) is 5.56 Å². The first kappa shape index (κ1) is 21.7. The number of aryl methyl sites for hydroxylation is 2. The molecule has 0 spiro atoms. The molecule has 3 rings (SSSR count). The number of carbonyl (C=O) groups is 1. The van der Waals surface area contributed by atoms with E-state index in [0.29, 0.717) is 17.1 Å². The number of hydrogen-bond donors (Lipinski definition) is 0. The van der Waals surface area contributed by atoms with Gasteiger partial charge in [-0.15, -0.1) is 0 Å². The van der Waals surface area contributed by atoms with Crippen LogP contribution in [0.2, 0.25) is 0 Å². The smallest absolute Gasteiger partial charge is 0.343 e. The molecule has 0 N–H and O–H groups in total. The molecule has 0 atom stereocenters. The van der Waals surface area contributed by atoms with Gasteiger partial charge in [-0.05, 0) is 42.5 Å². The number of nitrogens with zero attached hydrogens (tertiary/aromatic N) is 2. The van der Waals surface area contributed by atoms with E-state index in [4.69, 9.17) is 4.74 Å². The van der Waals surface area contributed by atoms with Gasteiger partial charge < -0.3 is 4.74 Å². The van der Waals surface area contributed by atoms with E-state index >= 15 is 0 Å². The Kier molecular flexibility index (Phi) is 8.13. The van der Waals surface area contributed by atoms with Crippen LogP contribution in [0.1, 0.15) is 67.4 Å². The van der Waals surface area contributed by atoms with E-state index < -0.39 is 5.97 Å². The topological polar surface area (TPSA) is 52.1 Å². The Labute approximate surface area is 179 Å². The second kappa shape index (κ2) is 11.2. The molecule has 0 amide bonds. The third-order valence-corrected chi connectivity index (χ3v) is 5.10. The van der Waals surface area contributed by atoms with Crippen molar-refractivity contribution in [2.45, 2.75) is 58.8 Å². The Morgan fingerprint density at radius 2 is 1.40 bits per heavy atom. The quantitative estimate of drug-likeness (QED) is 0.289. The summed E-state index contributed by atoms with van der Waals surface area (Å²) < 4.78 is 5.43. The molecule has 0 bridgehead atoms. The molecule has 1 heterocycles. The van der Waals surface area contributed by atoms with Gasteiger partial charge in [0.1, 0.15) is 0 Å². The van der Waals surface area contributed by atoms with Crippen molar-refractivity contribution in [3.8, 4) is 17.1 Å². The number of aromatic nitrogens is 2. The third kappa shape index (κ3) is 6.24. The zero-order chi connectivity index (χ0) is 21.2. The van der Waals surface area contributed by atoms with Crippen LogP contribution in [-0.4, -0.2) is 15.9 Å². The van der Waals surface area contributed by atoms with E-state index in [1.807, 2.05) is 36.4 Å². The molecule has 3 aromatic rings. The molecule has 0 unspecified atom stereocenters. The number of rotatable bonds is 10. The van der Waals surface area contributed by atoms with Crippen molar-refractivity contribution >= 4 is 5.97 Å². The SMILES string of the molecule is CCCCCCc1ccc(C(=O)Oc2cnc(-c3ccc(CCC)cc3)nc2)cc1. The van der Waals surface area contributed by atoms with E-state index in [9.17, 15) is 4.79 Å². The Balaban J connectivity index is 1.56. The lowest BCUT2D eigenvalue weighted by Gasteiger charge is -2.06. The highest BCUT2D eigenvalue weighted by atomic mass is 16.5. The lowest BCUT2D eigenvalue weighted by Crippen LogP contribution is -2.09. The van der Waals surface area contributed by atoms with Crippen molar-refractivity contribution in [1.82, 2.24) is 9.97 Å². The summed E-state index contributed by atoms with van der Waals surface area (Å²) in [6.45, 7) is 4.38. The monoisotopic (exact) mass is 402 g/mol. The molecule has 1 aromatic heterocycles. The fourth-order valence-electron chi connectivity index (χ4n) is 3.36. The molecule has 2 aromatic carbocycles. The highest BCUT2D eigenvalue weighted by Crippen LogP contribution is 2.19. The molecule has 0 aliphatic heterocycles. The number of hydrogen-bond acceptors (Lipinski definition) is 4. The highest BCUT2D eigenvalue weighted by molar-refractivity contribution is 5.91. The first-order valence-corrected chi connectivity index (χ1v) is 10.9. The molecule has 0 saturated heterocycles. The summed E-state index contributed by atoms with van der Waals surface area (Å²) >= 11 is 0. The molecule has 0 aliphatic rings. The summed E-state index contributed by atoms with van der Waals surface area (Å²) in [5.41, 5.74) is 4.03. The molecule has 0 saturated carbocycles. The minimum absolute atomic E-state index is 0.343. The van der Waals surface area contributed by atoms with Crippen LogP contribution in [0.15, 0.2) is 60.9 Å².